The summed E-state index contributed by atoms with van der Waals surface area (Å²) < 4.78 is 7.28. The highest BCUT2D eigenvalue weighted by molar-refractivity contribution is 5.92. The maximum absolute atomic E-state index is 13.5. The van der Waals surface area contributed by atoms with E-state index >= 15 is 0 Å². The highest BCUT2D eigenvalue weighted by atomic mass is 16.5. The monoisotopic (exact) mass is 404 g/mol. The molecule has 6 heteroatoms. The van der Waals surface area contributed by atoms with Crippen LogP contribution in [0.3, 0.4) is 0 Å². The normalized spacial score (nSPS) is 16.0. The molecule has 30 heavy (non-hydrogen) atoms. The van der Waals surface area contributed by atoms with E-state index in [4.69, 9.17) is 4.52 Å². The van der Waals surface area contributed by atoms with Crippen molar-refractivity contribution in [1.29, 1.82) is 0 Å². The standard InChI is InChI=1S/C24H28N4O2/c1-17-14-22(25-27(17)3)24(29)28(15-19-10-6-4-7-11-19)16-21-18(2)30-26-23(21)20-12-8-5-9-13-20/h4-6,8-9,12-14,19H,7,10-11,15-16H2,1-3H3/t19-/m1/s1. The summed E-state index contributed by atoms with van der Waals surface area (Å²) in [5.41, 5.74) is 4.19. The largest absolute Gasteiger partial charge is 0.361 e. The Morgan fingerprint density at radius 1 is 1.23 bits per heavy atom. The van der Waals surface area contributed by atoms with E-state index in [-0.39, 0.29) is 5.91 Å². The topological polar surface area (TPSA) is 64.2 Å². The number of hydrogen-bond acceptors (Lipinski definition) is 4. The average Bonchev–Trinajstić information content (AvgIpc) is 3.30. The molecule has 156 valence electrons. The van der Waals surface area contributed by atoms with E-state index in [1.54, 1.807) is 4.68 Å². The number of carbonyl (C=O) groups is 1. The molecule has 2 heterocycles. The summed E-state index contributed by atoms with van der Waals surface area (Å²) in [6.07, 6.45) is 7.61. The molecule has 0 spiro atoms. The molecule has 0 bridgehead atoms. The zero-order valence-electron chi connectivity index (χ0n) is 17.8. The van der Waals surface area contributed by atoms with Gasteiger partial charge in [0.2, 0.25) is 0 Å². The molecule has 6 nitrogen and oxygen atoms in total. The fraction of sp³-hybridized carbons (Fsp3) is 0.375. The van der Waals surface area contributed by atoms with Crippen molar-refractivity contribution in [3.8, 4) is 11.3 Å². The lowest BCUT2D eigenvalue weighted by Gasteiger charge is -2.28. The Labute approximate surface area is 177 Å². The minimum absolute atomic E-state index is 0.0483. The first kappa shape index (κ1) is 20.1. The molecule has 0 fully saturated rings. The number of rotatable bonds is 6. The molecule has 1 aliphatic carbocycles. The molecule has 1 aliphatic rings. The van der Waals surface area contributed by atoms with Crippen molar-refractivity contribution in [3.63, 3.8) is 0 Å². The lowest BCUT2D eigenvalue weighted by Crippen LogP contribution is -2.36. The van der Waals surface area contributed by atoms with Gasteiger partial charge in [0.05, 0.1) is 6.54 Å². The molecule has 0 aliphatic heterocycles. The van der Waals surface area contributed by atoms with Crippen LogP contribution in [0.4, 0.5) is 0 Å². The molecule has 0 radical (unpaired) electrons. The Morgan fingerprint density at radius 2 is 2.03 bits per heavy atom. The Morgan fingerprint density at radius 3 is 2.70 bits per heavy atom. The molecule has 3 aromatic rings. The first-order valence-electron chi connectivity index (χ1n) is 10.5. The summed E-state index contributed by atoms with van der Waals surface area (Å²) in [7, 11) is 1.86. The van der Waals surface area contributed by atoms with Crippen molar-refractivity contribution in [2.75, 3.05) is 6.54 Å². The minimum Gasteiger partial charge on any atom is -0.361 e. The molecule has 0 unspecified atom stereocenters. The summed E-state index contributed by atoms with van der Waals surface area (Å²) in [5, 5.41) is 8.72. The van der Waals surface area contributed by atoms with Crippen molar-refractivity contribution in [3.05, 3.63) is 71.3 Å². The predicted octanol–water partition coefficient (Wildman–Crippen LogP) is 4.69. The number of aryl methyl sites for hydroxylation is 3. The van der Waals surface area contributed by atoms with Crippen molar-refractivity contribution in [1.82, 2.24) is 19.8 Å². The number of amides is 1. The molecule has 1 atom stereocenters. The lowest BCUT2D eigenvalue weighted by molar-refractivity contribution is 0.0703. The summed E-state index contributed by atoms with van der Waals surface area (Å²) >= 11 is 0. The summed E-state index contributed by atoms with van der Waals surface area (Å²) in [5.74, 6) is 1.14. The van der Waals surface area contributed by atoms with Crippen LogP contribution in [0.15, 0.2) is 53.1 Å². The van der Waals surface area contributed by atoms with Crippen LogP contribution >= 0.6 is 0 Å². The maximum Gasteiger partial charge on any atom is 0.274 e. The zero-order chi connectivity index (χ0) is 21.1. The first-order valence-corrected chi connectivity index (χ1v) is 10.5. The number of benzene rings is 1. The summed E-state index contributed by atoms with van der Waals surface area (Å²) in [4.78, 5) is 15.4. The molecular formula is C24H28N4O2. The fourth-order valence-corrected chi connectivity index (χ4v) is 3.97. The molecule has 4 rings (SSSR count). The van der Waals surface area contributed by atoms with Crippen molar-refractivity contribution >= 4 is 5.91 Å². The van der Waals surface area contributed by atoms with E-state index < -0.39 is 0 Å². The number of carbonyl (C=O) groups excluding carboxylic acids is 1. The van der Waals surface area contributed by atoms with Gasteiger partial charge in [0.15, 0.2) is 5.69 Å². The van der Waals surface area contributed by atoms with Gasteiger partial charge in [0.1, 0.15) is 11.5 Å². The number of aromatic nitrogens is 3. The van der Waals surface area contributed by atoms with Crippen LogP contribution in [0.1, 0.15) is 46.8 Å². The quantitative estimate of drug-likeness (QED) is 0.559. The van der Waals surface area contributed by atoms with Gasteiger partial charge in [-0.05, 0) is 45.1 Å². The van der Waals surface area contributed by atoms with Gasteiger partial charge in [-0.25, -0.2) is 0 Å². The second-order valence-electron chi connectivity index (χ2n) is 8.06. The van der Waals surface area contributed by atoms with Gasteiger partial charge < -0.3 is 9.42 Å². The van der Waals surface area contributed by atoms with Gasteiger partial charge in [-0.2, -0.15) is 5.10 Å². The van der Waals surface area contributed by atoms with E-state index in [2.05, 4.69) is 22.4 Å². The second-order valence-corrected chi connectivity index (χ2v) is 8.06. The smallest absolute Gasteiger partial charge is 0.274 e. The molecule has 0 saturated carbocycles. The Kier molecular flexibility index (Phi) is 5.84. The van der Waals surface area contributed by atoms with E-state index in [0.717, 1.165) is 47.5 Å². The van der Waals surface area contributed by atoms with Gasteiger partial charge in [0, 0.05) is 30.4 Å². The molecule has 1 aromatic carbocycles. The van der Waals surface area contributed by atoms with Gasteiger partial charge in [0.25, 0.3) is 5.91 Å². The van der Waals surface area contributed by atoms with Crippen LogP contribution in [0.25, 0.3) is 11.3 Å². The third-order valence-corrected chi connectivity index (χ3v) is 5.86. The lowest BCUT2D eigenvalue weighted by atomic mass is 9.93. The summed E-state index contributed by atoms with van der Waals surface area (Å²) in [6.45, 7) is 5.01. The summed E-state index contributed by atoms with van der Waals surface area (Å²) in [6, 6.07) is 11.8. The number of allylic oxidation sites excluding steroid dienone is 2. The predicted molar refractivity (Wildman–Crippen MR) is 116 cm³/mol. The molecular weight excluding hydrogens is 376 g/mol. The minimum atomic E-state index is -0.0483. The van der Waals surface area contributed by atoms with Crippen LogP contribution in [-0.2, 0) is 13.6 Å². The van der Waals surface area contributed by atoms with Gasteiger partial charge >= 0.3 is 0 Å². The average molecular weight is 405 g/mol. The molecule has 2 aromatic heterocycles. The van der Waals surface area contributed by atoms with Crippen LogP contribution in [0.2, 0.25) is 0 Å². The Bertz CT molecular complexity index is 1030. The maximum atomic E-state index is 13.5. The van der Waals surface area contributed by atoms with Crippen molar-refractivity contribution < 1.29 is 9.32 Å². The second kappa shape index (κ2) is 8.69. The van der Waals surface area contributed by atoms with Crippen LogP contribution < -0.4 is 0 Å². The third kappa shape index (κ3) is 4.22. The van der Waals surface area contributed by atoms with Gasteiger partial charge in [-0.3, -0.25) is 9.48 Å². The molecule has 1 amide bonds. The van der Waals surface area contributed by atoms with E-state index in [0.29, 0.717) is 24.7 Å². The Balaban J connectivity index is 1.65. The number of hydrogen-bond donors (Lipinski definition) is 0. The highest BCUT2D eigenvalue weighted by Gasteiger charge is 2.26. The molecule has 0 saturated heterocycles. The van der Waals surface area contributed by atoms with E-state index in [1.807, 2.05) is 62.2 Å². The van der Waals surface area contributed by atoms with Crippen LogP contribution in [0, 0.1) is 19.8 Å². The van der Waals surface area contributed by atoms with E-state index in [9.17, 15) is 4.79 Å². The first-order chi connectivity index (χ1) is 14.5. The van der Waals surface area contributed by atoms with Gasteiger partial charge in [-0.15, -0.1) is 0 Å². The van der Waals surface area contributed by atoms with E-state index in [1.165, 1.54) is 0 Å². The van der Waals surface area contributed by atoms with Crippen molar-refractivity contribution in [2.24, 2.45) is 13.0 Å². The fourth-order valence-electron chi connectivity index (χ4n) is 3.97. The Hall–Kier alpha value is -3.15. The van der Waals surface area contributed by atoms with Crippen LogP contribution in [0.5, 0.6) is 0 Å². The van der Waals surface area contributed by atoms with Gasteiger partial charge in [-0.1, -0.05) is 47.6 Å². The third-order valence-electron chi connectivity index (χ3n) is 5.86. The highest BCUT2D eigenvalue weighted by Crippen LogP contribution is 2.28. The van der Waals surface area contributed by atoms with Crippen LogP contribution in [-0.4, -0.2) is 32.3 Å². The number of nitrogens with zero attached hydrogens (tertiary/aromatic N) is 4. The van der Waals surface area contributed by atoms with Crippen molar-refractivity contribution in [2.45, 2.75) is 39.7 Å². The SMILES string of the molecule is Cc1onc(-c2ccccc2)c1CN(C[C@@H]1CC=CCC1)C(=O)c1cc(C)n(C)n1. The zero-order valence-corrected chi connectivity index (χ0v) is 17.8. The molecule has 0 N–H and O–H groups in total.